The van der Waals surface area contributed by atoms with Crippen LogP contribution in [0, 0.1) is 5.82 Å². The van der Waals surface area contributed by atoms with Crippen LogP contribution in [0.1, 0.15) is 16.1 Å². The van der Waals surface area contributed by atoms with Crippen molar-refractivity contribution in [2.45, 2.75) is 6.42 Å². The number of aromatic nitrogens is 2. The average molecular weight is 334 g/mol. The van der Waals surface area contributed by atoms with Crippen molar-refractivity contribution in [1.82, 2.24) is 9.97 Å². The number of carbonyl (C=O) groups is 1. The minimum absolute atomic E-state index is 0.191. The molecule has 1 aliphatic rings. The standard InChI is InChI=1S/C19H15FN4O/c20-14-6-2-3-7-15(14)23-18-11-16(21-12-22-18)19(25)24-10-9-13-5-1-4-8-17(13)24/h1-8,11-12H,9-10H2,(H,21,22,23). The van der Waals surface area contributed by atoms with Gasteiger partial charge in [-0.2, -0.15) is 0 Å². The third-order valence-corrected chi connectivity index (χ3v) is 4.16. The van der Waals surface area contributed by atoms with Crippen molar-refractivity contribution in [3.8, 4) is 0 Å². The van der Waals surface area contributed by atoms with Gasteiger partial charge in [0, 0.05) is 18.3 Å². The van der Waals surface area contributed by atoms with Gasteiger partial charge >= 0.3 is 0 Å². The van der Waals surface area contributed by atoms with Crippen LogP contribution in [0.4, 0.5) is 21.6 Å². The first-order valence-corrected chi connectivity index (χ1v) is 7.96. The van der Waals surface area contributed by atoms with Crippen molar-refractivity contribution < 1.29 is 9.18 Å². The summed E-state index contributed by atoms with van der Waals surface area (Å²) in [5.41, 5.74) is 2.63. The molecule has 1 aliphatic heterocycles. The molecule has 4 rings (SSSR count). The molecule has 124 valence electrons. The second-order valence-corrected chi connectivity index (χ2v) is 5.73. The van der Waals surface area contributed by atoms with Gasteiger partial charge in [-0.05, 0) is 30.2 Å². The van der Waals surface area contributed by atoms with E-state index in [2.05, 4.69) is 15.3 Å². The van der Waals surface area contributed by atoms with Crippen LogP contribution in [0.2, 0.25) is 0 Å². The summed E-state index contributed by atoms with van der Waals surface area (Å²) in [4.78, 5) is 22.7. The van der Waals surface area contributed by atoms with E-state index in [4.69, 9.17) is 0 Å². The van der Waals surface area contributed by atoms with Crippen LogP contribution in [-0.2, 0) is 6.42 Å². The molecule has 1 aromatic heterocycles. The molecule has 2 heterocycles. The van der Waals surface area contributed by atoms with E-state index in [1.807, 2.05) is 24.3 Å². The van der Waals surface area contributed by atoms with Crippen molar-refractivity contribution in [3.63, 3.8) is 0 Å². The van der Waals surface area contributed by atoms with Crippen molar-refractivity contribution in [2.24, 2.45) is 0 Å². The number of fused-ring (bicyclic) bond motifs is 1. The SMILES string of the molecule is O=C(c1cc(Nc2ccccc2F)ncn1)N1CCc2ccccc21. The molecule has 0 atom stereocenters. The molecule has 6 heteroatoms. The van der Waals surface area contributed by atoms with E-state index in [0.717, 1.165) is 17.7 Å². The summed E-state index contributed by atoms with van der Waals surface area (Å²) in [5.74, 6) is -0.206. The number of anilines is 3. The van der Waals surface area contributed by atoms with Gasteiger partial charge in [0.15, 0.2) is 0 Å². The summed E-state index contributed by atoms with van der Waals surface area (Å²) < 4.78 is 13.8. The van der Waals surface area contributed by atoms with Gasteiger partial charge in [-0.25, -0.2) is 14.4 Å². The lowest BCUT2D eigenvalue weighted by Gasteiger charge is -2.17. The molecule has 0 aliphatic carbocycles. The van der Waals surface area contributed by atoms with Gasteiger partial charge < -0.3 is 10.2 Å². The van der Waals surface area contributed by atoms with Gasteiger partial charge in [0.1, 0.15) is 23.7 Å². The van der Waals surface area contributed by atoms with Crippen LogP contribution >= 0.6 is 0 Å². The fourth-order valence-corrected chi connectivity index (χ4v) is 2.93. The van der Waals surface area contributed by atoms with E-state index < -0.39 is 0 Å². The van der Waals surface area contributed by atoms with Crippen LogP contribution in [-0.4, -0.2) is 22.4 Å². The lowest BCUT2D eigenvalue weighted by molar-refractivity contribution is 0.0984. The van der Waals surface area contributed by atoms with Crippen LogP contribution < -0.4 is 10.2 Å². The minimum Gasteiger partial charge on any atom is -0.338 e. The Balaban J connectivity index is 1.60. The number of amides is 1. The second kappa shape index (κ2) is 6.32. The summed E-state index contributed by atoms with van der Waals surface area (Å²) in [5, 5.41) is 2.88. The number of nitrogens with one attached hydrogen (secondary N) is 1. The molecule has 0 saturated carbocycles. The first-order chi connectivity index (χ1) is 12.2. The first kappa shape index (κ1) is 15.3. The Bertz CT molecular complexity index is 944. The lowest BCUT2D eigenvalue weighted by Crippen LogP contribution is -2.29. The van der Waals surface area contributed by atoms with E-state index in [1.54, 1.807) is 23.1 Å². The van der Waals surface area contributed by atoms with Crippen LogP contribution in [0.15, 0.2) is 60.9 Å². The number of benzene rings is 2. The Morgan fingerprint density at radius 2 is 1.88 bits per heavy atom. The minimum atomic E-state index is -0.387. The number of hydrogen-bond donors (Lipinski definition) is 1. The molecule has 25 heavy (non-hydrogen) atoms. The Morgan fingerprint density at radius 3 is 2.76 bits per heavy atom. The molecule has 0 bridgehead atoms. The predicted molar refractivity (Wildman–Crippen MR) is 93.5 cm³/mol. The van der Waals surface area contributed by atoms with Gasteiger partial charge in [0.2, 0.25) is 0 Å². The zero-order chi connectivity index (χ0) is 17.2. The molecule has 3 aromatic rings. The van der Waals surface area contributed by atoms with Gasteiger partial charge in [-0.3, -0.25) is 4.79 Å². The first-order valence-electron chi connectivity index (χ1n) is 7.96. The van der Waals surface area contributed by atoms with Gasteiger partial charge in [0.25, 0.3) is 5.91 Å². The summed E-state index contributed by atoms with van der Waals surface area (Å²) >= 11 is 0. The monoisotopic (exact) mass is 334 g/mol. The molecule has 1 amide bonds. The van der Waals surface area contributed by atoms with Gasteiger partial charge in [-0.1, -0.05) is 30.3 Å². The summed E-state index contributed by atoms with van der Waals surface area (Å²) in [6.07, 6.45) is 2.13. The van der Waals surface area contributed by atoms with Crippen molar-refractivity contribution in [1.29, 1.82) is 0 Å². The smallest absolute Gasteiger partial charge is 0.277 e. The zero-order valence-corrected chi connectivity index (χ0v) is 13.3. The highest BCUT2D eigenvalue weighted by Gasteiger charge is 2.26. The molecule has 2 aromatic carbocycles. The maximum Gasteiger partial charge on any atom is 0.277 e. The third-order valence-electron chi connectivity index (χ3n) is 4.16. The van der Waals surface area contributed by atoms with E-state index in [1.165, 1.54) is 18.5 Å². The molecule has 0 unspecified atom stereocenters. The zero-order valence-electron chi connectivity index (χ0n) is 13.3. The number of rotatable bonds is 3. The number of para-hydroxylation sites is 2. The van der Waals surface area contributed by atoms with Crippen LogP contribution in [0.25, 0.3) is 0 Å². The molecule has 0 radical (unpaired) electrons. The van der Waals surface area contributed by atoms with E-state index in [9.17, 15) is 9.18 Å². The molecule has 5 nitrogen and oxygen atoms in total. The Morgan fingerprint density at radius 1 is 1.08 bits per heavy atom. The summed E-state index contributed by atoms with van der Waals surface area (Å²) in [7, 11) is 0. The van der Waals surface area contributed by atoms with E-state index >= 15 is 0 Å². The highest BCUT2D eigenvalue weighted by Crippen LogP contribution is 2.29. The predicted octanol–water partition coefficient (Wildman–Crippen LogP) is 3.56. The maximum atomic E-state index is 13.8. The topological polar surface area (TPSA) is 58.1 Å². The quantitative estimate of drug-likeness (QED) is 0.796. The van der Waals surface area contributed by atoms with Crippen LogP contribution in [0.3, 0.4) is 0 Å². The van der Waals surface area contributed by atoms with Crippen molar-refractivity contribution in [2.75, 3.05) is 16.8 Å². The van der Waals surface area contributed by atoms with Crippen molar-refractivity contribution in [3.05, 3.63) is 78.0 Å². The summed E-state index contributed by atoms with van der Waals surface area (Å²) in [6.45, 7) is 0.623. The summed E-state index contributed by atoms with van der Waals surface area (Å²) in [6, 6.07) is 15.7. The molecular weight excluding hydrogens is 319 g/mol. The lowest BCUT2D eigenvalue weighted by atomic mass is 10.2. The number of hydrogen-bond acceptors (Lipinski definition) is 4. The molecule has 1 N–H and O–H groups in total. The molecule has 0 fully saturated rings. The van der Waals surface area contributed by atoms with E-state index in [-0.39, 0.29) is 17.4 Å². The Kier molecular flexibility index (Phi) is 3.85. The average Bonchev–Trinajstić information content (AvgIpc) is 3.07. The Labute approximate surface area is 144 Å². The van der Waals surface area contributed by atoms with E-state index in [0.29, 0.717) is 18.1 Å². The number of halogens is 1. The Hall–Kier alpha value is -3.28. The number of nitrogens with zero attached hydrogens (tertiary/aromatic N) is 3. The van der Waals surface area contributed by atoms with Gasteiger partial charge in [0.05, 0.1) is 5.69 Å². The molecular formula is C19H15FN4O. The fraction of sp³-hybridized carbons (Fsp3) is 0.105. The fourth-order valence-electron chi connectivity index (χ4n) is 2.93. The molecule has 0 spiro atoms. The largest absolute Gasteiger partial charge is 0.338 e. The number of carbonyl (C=O) groups excluding carboxylic acids is 1. The van der Waals surface area contributed by atoms with Crippen LogP contribution in [0.5, 0.6) is 0 Å². The normalized spacial score (nSPS) is 12.8. The maximum absolute atomic E-state index is 13.8. The second-order valence-electron chi connectivity index (χ2n) is 5.73. The van der Waals surface area contributed by atoms with Gasteiger partial charge in [-0.15, -0.1) is 0 Å². The molecule has 0 saturated heterocycles. The van der Waals surface area contributed by atoms with Crippen molar-refractivity contribution >= 4 is 23.1 Å². The highest BCUT2D eigenvalue weighted by atomic mass is 19.1. The highest BCUT2D eigenvalue weighted by molar-refractivity contribution is 6.06. The third kappa shape index (κ3) is 2.94.